The number of rotatable bonds is 4. The highest BCUT2D eigenvalue weighted by atomic mass is 16.2. The third kappa shape index (κ3) is 4.64. The summed E-state index contributed by atoms with van der Waals surface area (Å²) < 4.78 is 0. The molecule has 0 aliphatic carbocycles. The molecule has 1 aromatic heterocycles. The molecule has 0 unspecified atom stereocenters. The number of amides is 2. The Morgan fingerprint density at radius 1 is 1.12 bits per heavy atom. The van der Waals surface area contributed by atoms with Crippen molar-refractivity contribution in [1.82, 2.24) is 10.3 Å². The van der Waals surface area contributed by atoms with E-state index < -0.39 is 0 Å². The van der Waals surface area contributed by atoms with E-state index in [9.17, 15) is 9.59 Å². The van der Waals surface area contributed by atoms with Crippen LogP contribution in [0.15, 0.2) is 48.8 Å². The summed E-state index contributed by atoms with van der Waals surface area (Å²) in [7, 11) is 0. The lowest BCUT2D eigenvalue weighted by Gasteiger charge is -2.27. The Bertz CT molecular complexity index is 731. The highest BCUT2D eigenvalue weighted by Crippen LogP contribution is 2.19. The number of carbonyl (C=O) groups is 2. The van der Waals surface area contributed by atoms with Crippen LogP contribution in [0.5, 0.6) is 0 Å². The number of anilines is 2. The number of benzene rings is 1. The largest absolute Gasteiger partial charge is 0.326 e. The number of nitrogens with zero attached hydrogens (tertiary/aromatic N) is 1. The Morgan fingerprint density at radius 2 is 1.92 bits per heavy atom. The van der Waals surface area contributed by atoms with Gasteiger partial charge in [-0.15, -0.1) is 0 Å². The molecule has 130 valence electrons. The minimum atomic E-state index is -0.210. The van der Waals surface area contributed by atoms with E-state index in [1.165, 1.54) is 0 Å². The van der Waals surface area contributed by atoms with E-state index in [0.29, 0.717) is 23.0 Å². The molecule has 2 amide bonds. The average molecular weight is 338 g/mol. The van der Waals surface area contributed by atoms with Gasteiger partial charge < -0.3 is 16.0 Å². The topological polar surface area (TPSA) is 83.1 Å². The fraction of sp³-hybridized carbons (Fsp3) is 0.316. The fourth-order valence-corrected chi connectivity index (χ4v) is 2.96. The lowest BCUT2D eigenvalue weighted by atomic mass is 9.92. The summed E-state index contributed by atoms with van der Waals surface area (Å²) in [6.45, 7) is 2.96. The second kappa shape index (κ2) is 7.90. The van der Waals surface area contributed by atoms with Crippen molar-refractivity contribution in [3.05, 3.63) is 54.4 Å². The van der Waals surface area contributed by atoms with E-state index in [2.05, 4.69) is 27.9 Å². The van der Waals surface area contributed by atoms with Gasteiger partial charge in [-0.1, -0.05) is 0 Å². The summed E-state index contributed by atoms with van der Waals surface area (Å²) in [4.78, 5) is 28.5. The molecule has 3 rings (SSSR count). The van der Waals surface area contributed by atoms with Gasteiger partial charge >= 0.3 is 0 Å². The van der Waals surface area contributed by atoms with E-state index >= 15 is 0 Å². The SMILES string of the molecule is C[C@H]1C[C@@H](C(=O)Nc2ccc(C(=O)Nc3cccnc3)cc2)CCN1. The quantitative estimate of drug-likeness (QED) is 0.800. The summed E-state index contributed by atoms with van der Waals surface area (Å²) in [5.74, 6) is -0.135. The summed E-state index contributed by atoms with van der Waals surface area (Å²) in [6.07, 6.45) is 4.93. The standard InChI is InChI=1S/C19H22N4O2/c1-13-11-15(8-10-21-13)19(25)22-16-6-4-14(5-7-16)18(24)23-17-3-2-9-20-12-17/h2-7,9,12-13,15,21H,8,10-11H2,1H3,(H,22,25)(H,23,24)/t13-,15-/m0/s1. The molecule has 1 aromatic carbocycles. The molecule has 6 nitrogen and oxygen atoms in total. The van der Waals surface area contributed by atoms with E-state index in [1.54, 1.807) is 48.8 Å². The van der Waals surface area contributed by atoms with Gasteiger partial charge in [0.2, 0.25) is 5.91 Å². The highest BCUT2D eigenvalue weighted by molar-refractivity contribution is 6.04. The Morgan fingerprint density at radius 3 is 2.60 bits per heavy atom. The number of nitrogens with one attached hydrogen (secondary N) is 3. The first-order chi connectivity index (χ1) is 12.1. The first kappa shape index (κ1) is 17.1. The van der Waals surface area contributed by atoms with Gasteiger partial charge in [-0.25, -0.2) is 0 Å². The molecule has 3 N–H and O–H groups in total. The van der Waals surface area contributed by atoms with Crippen LogP contribution in [-0.2, 0) is 4.79 Å². The maximum absolute atomic E-state index is 12.3. The van der Waals surface area contributed by atoms with Crippen molar-refractivity contribution in [2.45, 2.75) is 25.8 Å². The summed E-state index contributed by atoms with van der Waals surface area (Å²) >= 11 is 0. The van der Waals surface area contributed by atoms with Gasteiger partial charge in [0.05, 0.1) is 11.9 Å². The molecule has 2 heterocycles. The maximum atomic E-state index is 12.3. The van der Waals surface area contributed by atoms with Crippen molar-refractivity contribution in [2.24, 2.45) is 5.92 Å². The molecule has 1 fully saturated rings. The second-order valence-electron chi connectivity index (χ2n) is 6.34. The molecular formula is C19H22N4O2. The molecule has 1 aliphatic rings. The predicted octanol–water partition coefficient (Wildman–Crippen LogP) is 2.66. The lowest BCUT2D eigenvalue weighted by Crippen LogP contribution is -2.40. The smallest absolute Gasteiger partial charge is 0.255 e. The van der Waals surface area contributed by atoms with Gasteiger partial charge in [-0.05, 0) is 62.7 Å². The van der Waals surface area contributed by atoms with Gasteiger partial charge in [0.25, 0.3) is 5.91 Å². The first-order valence-electron chi connectivity index (χ1n) is 8.47. The molecular weight excluding hydrogens is 316 g/mol. The van der Waals surface area contributed by atoms with Crippen molar-refractivity contribution in [2.75, 3.05) is 17.2 Å². The van der Waals surface area contributed by atoms with Gasteiger partial charge in [-0.3, -0.25) is 14.6 Å². The van der Waals surface area contributed by atoms with Crippen LogP contribution in [0.3, 0.4) is 0 Å². The highest BCUT2D eigenvalue weighted by Gasteiger charge is 2.24. The van der Waals surface area contributed by atoms with Crippen molar-refractivity contribution in [1.29, 1.82) is 0 Å². The molecule has 6 heteroatoms. The summed E-state index contributed by atoms with van der Waals surface area (Å²) in [5, 5.41) is 9.06. The predicted molar refractivity (Wildman–Crippen MR) is 97.5 cm³/mol. The van der Waals surface area contributed by atoms with Crippen molar-refractivity contribution >= 4 is 23.2 Å². The van der Waals surface area contributed by atoms with Crippen LogP contribution in [0.1, 0.15) is 30.1 Å². The van der Waals surface area contributed by atoms with Gasteiger partial charge in [0.1, 0.15) is 0 Å². The van der Waals surface area contributed by atoms with Crippen molar-refractivity contribution in [3.63, 3.8) is 0 Å². The van der Waals surface area contributed by atoms with E-state index in [-0.39, 0.29) is 17.7 Å². The zero-order valence-electron chi connectivity index (χ0n) is 14.2. The number of piperidine rings is 1. The Labute approximate surface area is 147 Å². The zero-order valence-corrected chi connectivity index (χ0v) is 14.2. The molecule has 25 heavy (non-hydrogen) atoms. The zero-order chi connectivity index (χ0) is 17.6. The Kier molecular flexibility index (Phi) is 5.40. The molecule has 1 aliphatic heterocycles. The number of hydrogen-bond acceptors (Lipinski definition) is 4. The van der Waals surface area contributed by atoms with Gasteiger partial charge in [0.15, 0.2) is 0 Å². The molecule has 0 radical (unpaired) electrons. The van der Waals surface area contributed by atoms with E-state index in [4.69, 9.17) is 0 Å². The molecule has 2 aromatic rings. The van der Waals surface area contributed by atoms with E-state index in [0.717, 1.165) is 19.4 Å². The van der Waals surface area contributed by atoms with Crippen LogP contribution in [0.2, 0.25) is 0 Å². The Hall–Kier alpha value is -2.73. The number of pyridine rings is 1. The first-order valence-corrected chi connectivity index (χ1v) is 8.47. The molecule has 0 saturated carbocycles. The Balaban J connectivity index is 1.58. The number of aromatic nitrogens is 1. The fourth-order valence-electron chi connectivity index (χ4n) is 2.96. The van der Waals surface area contributed by atoms with Crippen LogP contribution < -0.4 is 16.0 Å². The van der Waals surface area contributed by atoms with Crippen LogP contribution in [0, 0.1) is 5.92 Å². The van der Waals surface area contributed by atoms with Crippen LogP contribution in [-0.4, -0.2) is 29.4 Å². The number of hydrogen-bond donors (Lipinski definition) is 3. The third-order valence-corrected chi connectivity index (χ3v) is 4.33. The average Bonchev–Trinajstić information content (AvgIpc) is 2.63. The molecule has 0 spiro atoms. The number of carbonyl (C=O) groups excluding carboxylic acids is 2. The van der Waals surface area contributed by atoms with Crippen LogP contribution >= 0.6 is 0 Å². The molecule has 1 saturated heterocycles. The minimum Gasteiger partial charge on any atom is -0.326 e. The third-order valence-electron chi connectivity index (χ3n) is 4.33. The van der Waals surface area contributed by atoms with Gasteiger partial charge in [-0.2, -0.15) is 0 Å². The molecule has 0 bridgehead atoms. The minimum absolute atomic E-state index is 0.0322. The molecule has 2 atom stereocenters. The maximum Gasteiger partial charge on any atom is 0.255 e. The van der Waals surface area contributed by atoms with Crippen LogP contribution in [0.4, 0.5) is 11.4 Å². The van der Waals surface area contributed by atoms with Crippen LogP contribution in [0.25, 0.3) is 0 Å². The summed E-state index contributed by atoms with van der Waals surface area (Å²) in [6, 6.07) is 10.8. The normalized spacial score (nSPS) is 19.9. The monoisotopic (exact) mass is 338 g/mol. The second-order valence-corrected chi connectivity index (χ2v) is 6.34. The van der Waals surface area contributed by atoms with Gasteiger partial charge in [0, 0.05) is 29.4 Å². The van der Waals surface area contributed by atoms with Crippen molar-refractivity contribution < 1.29 is 9.59 Å². The van der Waals surface area contributed by atoms with E-state index in [1.807, 2.05) is 0 Å². The van der Waals surface area contributed by atoms with Crippen molar-refractivity contribution in [3.8, 4) is 0 Å². The lowest BCUT2D eigenvalue weighted by molar-refractivity contribution is -0.120. The summed E-state index contributed by atoms with van der Waals surface area (Å²) in [5.41, 5.74) is 1.87.